The van der Waals surface area contributed by atoms with Gasteiger partial charge in [0, 0.05) is 38.3 Å². The summed E-state index contributed by atoms with van der Waals surface area (Å²) in [6, 6.07) is 10.4. The highest BCUT2D eigenvalue weighted by Gasteiger charge is 2.13. The molecule has 4 nitrogen and oxygen atoms in total. The second-order valence-corrected chi connectivity index (χ2v) is 5.68. The molecule has 3 rings (SSSR count). The number of nitrogens with one attached hydrogen (secondary N) is 1. The molecule has 0 radical (unpaired) electrons. The van der Waals surface area contributed by atoms with Crippen molar-refractivity contribution in [2.75, 3.05) is 46.9 Å². The Morgan fingerprint density at radius 1 is 1.05 bits per heavy atom. The summed E-state index contributed by atoms with van der Waals surface area (Å²) in [5.74, 6) is 1.86. The third-order valence-corrected chi connectivity index (χ3v) is 4.40. The molecule has 0 saturated carbocycles. The highest BCUT2D eigenvalue weighted by molar-refractivity contribution is 5.89. The summed E-state index contributed by atoms with van der Waals surface area (Å²) >= 11 is 0. The molecule has 1 aliphatic heterocycles. The third-order valence-electron chi connectivity index (χ3n) is 4.40. The fraction of sp³-hybridized carbons (Fsp3) is 0.444. The lowest BCUT2D eigenvalue weighted by Gasteiger charge is -2.27. The van der Waals surface area contributed by atoms with Gasteiger partial charge < -0.3 is 19.7 Å². The minimum atomic E-state index is 0.893. The van der Waals surface area contributed by atoms with E-state index in [-0.39, 0.29) is 0 Å². The van der Waals surface area contributed by atoms with Crippen LogP contribution in [0, 0.1) is 0 Å². The van der Waals surface area contributed by atoms with Crippen LogP contribution in [-0.2, 0) is 6.42 Å². The first kappa shape index (κ1) is 15.1. The quantitative estimate of drug-likeness (QED) is 0.919. The number of nitrogens with zero attached hydrogens (tertiary/aromatic N) is 1. The fourth-order valence-corrected chi connectivity index (χ4v) is 3.12. The van der Waals surface area contributed by atoms with Gasteiger partial charge in [0.05, 0.1) is 14.2 Å². The molecule has 22 heavy (non-hydrogen) atoms. The van der Waals surface area contributed by atoms with Crippen LogP contribution in [0.1, 0.15) is 5.56 Å². The van der Waals surface area contributed by atoms with Gasteiger partial charge in [-0.2, -0.15) is 0 Å². The molecule has 1 saturated heterocycles. The van der Waals surface area contributed by atoms with Gasteiger partial charge in [0.25, 0.3) is 0 Å². The smallest absolute Gasteiger partial charge is 0.122 e. The van der Waals surface area contributed by atoms with Crippen molar-refractivity contribution in [3.63, 3.8) is 0 Å². The molecule has 1 N–H and O–H groups in total. The monoisotopic (exact) mass is 300 g/mol. The van der Waals surface area contributed by atoms with Gasteiger partial charge in [0.2, 0.25) is 0 Å². The maximum absolute atomic E-state index is 5.60. The maximum Gasteiger partial charge on any atom is 0.122 e. The number of methoxy groups -OCH3 is 2. The van der Waals surface area contributed by atoms with E-state index in [9.17, 15) is 0 Å². The van der Waals surface area contributed by atoms with Gasteiger partial charge in [0.1, 0.15) is 11.5 Å². The molecular weight excluding hydrogens is 276 g/mol. The van der Waals surface area contributed by atoms with E-state index in [0.717, 1.165) is 50.6 Å². The van der Waals surface area contributed by atoms with Crippen LogP contribution in [0.15, 0.2) is 30.3 Å². The van der Waals surface area contributed by atoms with Crippen LogP contribution in [0.25, 0.3) is 10.8 Å². The average Bonchev–Trinajstić information content (AvgIpc) is 2.59. The minimum Gasteiger partial charge on any atom is -0.497 e. The molecule has 0 spiro atoms. The van der Waals surface area contributed by atoms with Gasteiger partial charge in [-0.1, -0.05) is 12.1 Å². The summed E-state index contributed by atoms with van der Waals surface area (Å²) in [4.78, 5) is 2.51. The van der Waals surface area contributed by atoms with Crippen molar-refractivity contribution >= 4 is 10.8 Å². The summed E-state index contributed by atoms with van der Waals surface area (Å²) in [5, 5.41) is 5.86. The SMILES string of the molecule is COc1ccc2ccc(OC)c(CCN3CCNCC3)c2c1. The predicted octanol–water partition coefficient (Wildman–Crippen LogP) is 2.30. The first-order valence-corrected chi connectivity index (χ1v) is 7.88. The van der Waals surface area contributed by atoms with Crippen molar-refractivity contribution in [2.24, 2.45) is 0 Å². The number of hydrogen-bond acceptors (Lipinski definition) is 4. The van der Waals surface area contributed by atoms with Gasteiger partial charge in [-0.15, -0.1) is 0 Å². The molecule has 0 aromatic heterocycles. The summed E-state index contributed by atoms with van der Waals surface area (Å²) in [5.41, 5.74) is 1.28. The zero-order chi connectivity index (χ0) is 15.4. The topological polar surface area (TPSA) is 33.7 Å². The average molecular weight is 300 g/mol. The minimum absolute atomic E-state index is 0.893. The van der Waals surface area contributed by atoms with Gasteiger partial charge >= 0.3 is 0 Å². The molecule has 4 heteroatoms. The molecule has 0 unspecified atom stereocenters. The first-order valence-electron chi connectivity index (χ1n) is 7.88. The summed E-state index contributed by atoms with van der Waals surface area (Å²) < 4.78 is 11.0. The largest absolute Gasteiger partial charge is 0.497 e. The van der Waals surface area contributed by atoms with Crippen molar-refractivity contribution in [3.05, 3.63) is 35.9 Å². The van der Waals surface area contributed by atoms with Crippen LogP contribution in [0.4, 0.5) is 0 Å². The molecular formula is C18H24N2O2. The first-order chi connectivity index (χ1) is 10.8. The van der Waals surface area contributed by atoms with Crippen LogP contribution < -0.4 is 14.8 Å². The predicted molar refractivity (Wildman–Crippen MR) is 90.1 cm³/mol. The van der Waals surface area contributed by atoms with Gasteiger partial charge in [-0.05, 0) is 35.4 Å². The van der Waals surface area contributed by atoms with Gasteiger partial charge in [-0.3, -0.25) is 0 Å². The Hall–Kier alpha value is -1.78. The van der Waals surface area contributed by atoms with Crippen LogP contribution in [0.3, 0.4) is 0 Å². The van der Waals surface area contributed by atoms with E-state index < -0.39 is 0 Å². The summed E-state index contributed by atoms with van der Waals surface area (Å²) in [7, 11) is 3.46. The maximum atomic E-state index is 5.60. The fourth-order valence-electron chi connectivity index (χ4n) is 3.12. The molecule has 1 heterocycles. The second kappa shape index (κ2) is 6.99. The molecule has 1 fully saturated rings. The van der Waals surface area contributed by atoms with Crippen LogP contribution in [0.2, 0.25) is 0 Å². The summed E-state index contributed by atoms with van der Waals surface area (Å²) in [6.07, 6.45) is 0.994. The number of piperazine rings is 1. The van der Waals surface area contributed by atoms with Crippen LogP contribution >= 0.6 is 0 Å². The van der Waals surface area contributed by atoms with E-state index >= 15 is 0 Å². The molecule has 0 bridgehead atoms. The Morgan fingerprint density at radius 2 is 1.82 bits per heavy atom. The number of rotatable bonds is 5. The highest BCUT2D eigenvalue weighted by atomic mass is 16.5. The number of ether oxygens (including phenoxy) is 2. The van der Waals surface area contributed by atoms with Crippen molar-refractivity contribution < 1.29 is 9.47 Å². The number of fused-ring (bicyclic) bond motifs is 1. The lowest BCUT2D eigenvalue weighted by atomic mass is 10.00. The van der Waals surface area contributed by atoms with Crippen molar-refractivity contribution in [3.8, 4) is 11.5 Å². The Bertz CT molecular complexity index is 631. The highest BCUT2D eigenvalue weighted by Crippen LogP contribution is 2.31. The molecule has 0 atom stereocenters. The molecule has 0 amide bonds. The van der Waals surface area contributed by atoms with Crippen molar-refractivity contribution in [1.82, 2.24) is 10.2 Å². The van der Waals surface area contributed by atoms with E-state index in [4.69, 9.17) is 9.47 Å². The number of benzene rings is 2. The zero-order valence-electron chi connectivity index (χ0n) is 13.4. The Balaban J connectivity index is 1.90. The van der Waals surface area contributed by atoms with E-state index in [1.807, 2.05) is 6.07 Å². The van der Waals surface area contributed by atoms with Gasteiger partial charge in [-0.25, -0.2) is 0 Å². The lowest BCUT2D eigenvalue weighted by Crippen LogP contribution is -2.44. The molecule has 118 valence electrons. The normalized spacial score (nSPS) is 15.9. The van der Waals surface area contributed by atoms with E-state index in [1.54, 1.807) is 14.2 Å². The molecule has 2 aromatic carbocycles. The Morgan fingerprint density at radius 3 is 2.55 bits per heavy atom. The molecule has 2 aromatic rings. The van der Waals surface area contributed by atoms with E-state index in [0.29, 0.717) is 0 Å². The molecule has 1 aliphatic rings. The van der Waals surface area contributed by atoms with Crippen LogP contribution in [-0.4, -0.2) is 51.8 Å². The van der Waals surface area contributed by atoms with Crippen molar-refractivity contribution in [2.45, 2.75) is 6.42 Å². The molecule has 0 aliphatic carbocycles. The zero-order valence-corrected chi connectivity index (χ0v) is 13.4. The Kier molecular flexibility index (Phi) is 4.80. The lowest BCUT2D eigenvalue weighted by molar-refractivity contribution is 0.243. The van der Waals surface area contributed by atoms with Crippen LogP contribution in [0.5, 0.6) is 11.5 Å². The van der Waals surface area contributed by atoms with Crippen molar-refractivity contribution in [1.29, 1.82) is 0 Å². The summed E-state index contributed by atoms with van der Waals surface area (Å²) in [6.45, 7) is 5.47. The van der Waals surface area contributed by atoms with Gasteiger partial charge in [0.15, 0.2) is 0 Å². The second-order valence-electron chi connectivity index (χ2n) is 5.68. The standard InChI is InChI=1S/C18H24N2O2/c1-21-15-5-3-14-4-6-18(22-2)16(17(14)13-15)7-10-20-11-8-19-9-12-20/h3-6,13,19H,7-12H2,1-2H3. The number of hydrogen-bond donors (Lipinski definition) is 1. The van der Waals surface area contributed by atoms with E-state index in [1.165, 1.54) is 16.3 Å². The third kappa shape index (κ3) is 3.18. The Labute approximate surface area is 132 Å². The van der Waals surface area contributed by atoms with E-state index in [2.05, 4.69) is 34.5 Å².